The zero-order valence-corrected chi connectivity index (χ0v) is 23.4. The summed E-state index contributed by atoms with van der Waals surface area (Å²) in [6.45, 7) is 2.90. The van der Waals surface area contributed by atoms with Crippen LogP contribution in [0.1, 0.15) is 49.4 Å². The lowest BCUT2D eigenvalue weighted by Crippen LogP contribution is -2.26. The smallest absolute Gasteiger partial charge is 0.497 e. The van der Waals surface area contributed by atoms with Crippen LogP contribution >= 0.6 is 11.3 Å². The van der Waals surface area contributed by atoms with E-state index in [1.165, 1.54) is 49.8 Å². The van der Waals surface area contributed by atoms with E-state index < -0.39 is 12.3 Å². The number of carbonyl (C=O) groups is 2. The van der Waals surface area contributed by atoms with Crippen molar-refractivity contribution in [3.05, 3.63) is 58.2 Å². The monoisotopic (exact) mass is 579 g/mol. The molecule has 3 aromatic rings. The van der Waals surface area contributed by atoms with Crippen molar-refractivity contribution >= 4 is 23.2 Å². The van der Waals surface area contributed by atoms with E-state index in [1.807, 2.05) is 0 Å². The fourth-order valence-corrected chi connectivity index (χ4v) is 4.84. The van der Waals surface area contributed by atoms with E-state index in [-0.39, 0.29) is 17.2 Å². The Morgan fingerprint density at radius 1 is 1.00 bits per heavy atom. The van der Waals surface area contributed by atoms with Crippen molar-refractivity contribution in [3.63, 3.8) is 0 Å². The number of nitrogens with zero attached hydrogens (tertiary/aromatic N) is 2. The normalized spacial score (nSPS) is 11.8. The minimum absolute atomic E-state index is 0.0177. The predicted molar refractivity (Wildman–Crippen MR) is 146 cm³/mol. The Kier molecular flexibility index (Phi) is 11.2. The third-order valence-corrected chi connectivity index (χ3v) is 6.77. The Hall–Kier alpha value is -3.80. The van der Waals surface area contributed by atoms with E-state index in [1.54, 1.807) is 28.1 Å². The number of hydrogen-bond donors (Lipinski definition) is 1. The number of alkyl halides is 3. The highest BCUT2D eigenvalue weighted by Gasteiger charge is 2.31. The van der Waals surface area contributed by atoms with Gasteiger partial charge in [-0.05, 0) is 54.8 Å². The van der Waals surface area contributed by atoms with Crippen LogP contribution in [0, 0.1) is 0 Å². The van der Waals surface area contributed by atoms with Gasteiger partial charge in [0.2, 0.25) is 5.91 Å². The number of aromatic nitrogens is 1. The van der Waals surface area contributed by atoms with Gasteiger partial charge in [-0.1, -0.05) is 19.8 Å². The molecule has 0 unspecified atom stereocenters. The van der Waals surface area contributed by atoms with Gasteiger partial charge in [0.25, 0.3) is 5.91 Å². The second kappa shape index (κ2) is 14.5. The fraction of sp³-hybridized carbons (Fsp3) is 0.393. The Morgan fingerprint density at radius 3 is 2.38 bits per heavy atom. The van der Waals surface area contributed by atoms with Crippen LogP contribution < -0.4 is 24.3 Å². The molecule has 0 aliphatic carbocycles. The maximum absolute atomic E-state index is 13.1. The van der Waals surface area contributed by atoms with Gasteiger partial charge in [-0.15, -0.1) is 24.5 Å². The second-order valence-electron chi connectivity index (χ2n) is 8.77. The number of halogens is 3. The quantitative estimate of drug-likeness (QED) is 0.253. The maximum atomic E-state index is 13.1. The summed E-state index contributed by atoms with van der Waals surface area (Å²) < 4.78 is 54.1. The number of rotatable bonds is 13. The molecule has 8 nitrogen and oxygen atoms in total. The summed E-state index contributed by atoms with van der Waals surface area (Å²) in [5, 5.41) is 4.68. The van der Waals surface area contributed by atoms with E-state index in [9.17, 15) is 22.8 Å². The van der Waals surface area contributed by atoms with Crippen LogP contribution in [0.4, 0.5) is 13.2 Å². The van der Waals surface area contributed by atoms with E-state index in [0.29, 0.717) is 53.5 Å². The number of ether oxygens (including phenoxy) is 3. The first kappa shape index (κ1) is 30.7. The van der Waals surface area contributed by atoms with E-state index >= 15 is 0 Å². The molecule has 0 radical (unpaired) electrons. The Bertz CT molecular complexity index is 1350. The molecule has 0 spiro atoms. The summed E-state index contributed by atoms with van der Waals surface area (Å²) in [4.78, 5) is 29.9. The summed E-state index contributed by atoms with van der Waals surface area (Å²) in [6, 6.07) is 10.3. The average Bonchev–Trinajstić information content (AvgIpc) is 3.32. The van der Waals surface area contributed by atoms with Crippen LogP contribution in [0.5, 0.6) is 17.2 Å². The van der Waals surface area contributed by atoms with Crippen molar-refractivity contribution < 1.29 is 37.0 Å². The highest BCUT2D eigenvalue weighted by Crippen LogP contribution is 2.28. The molecule has 216 valence electrons. The zero-order valence-electron chi connectivity index (χ0n) is 22.5. The second-order valence-corrected chi connectivity index (χ2v) is 9.61. The highest BCUT2D eigenvalue weighted by atomic mass is 32.1. The van der Waals surface area contributed by atoms with E-state index in [4.69, 9.17) is 9.47 Å². The molecule has 0 atom stereocenters. The van der Waals surface area contributed by atoms with Crippen LogP contribution in [-0.2, 0) is 11.3 Å². The van der Waals surface area contributed by atoms with Crippen molar-refractivity contribution in [2.75, 3.05) is 20.8 Å². The van der Waals surface area contributed by atoms with Crippen molar-refractivity contribution in [1.29, 1.82) is 0 Å². The molecule has 0 saturated carbocycles. The molecule has 0 aliphatic rings. The topological polar surface area (TPSA) is 91.2 Å². The molecule has 0 bridgehead atoms. The molecule has 3 rings (SSSR count). The number of nitrogens with one attached hydrogen (secondary N) is 1. The van der Waals surface area contributed by atoms with Gasteiger partial charge in [0.05, 0.1) is 25.5 Å². The van der Waals surface area contributed by atoms with Crippen molar-refractivity contribution in [1.82, 2.24) is 9.88 Å². The third-order valence-electron chi connectivity index (χ3n) is 5.91. The molecule has 2 amide bonds. The number of benzene rings is 2. The van der Waals surface area contributed by atoms with Crippen molar-refractivity contribution in [2.24, 2.45) is 4.99 Å². The van der Waals surface area contributed by atoms with Gasteiger partial charge in [-0.25, -0.2) is 0 Å². The molecule has 0 aliphatic heterocycles. The van der Waals surface area contributed by atoms with Gasteiger partial charge < -0.3 is 24.1 Å². The number of amides is 2. The molecule has 1 N–H and O–H groups in total. The third kappa shape index (κ3) is 8.87. The highest BCUT2D eigenvalue weighted by molar-refractivity contribution is 7.07. The fourth-order valence-electron chi connectivity index (χ4n) is 3.90. The molecule has 0 fully saturated rings. The number of methoxy groups -OCH3 is 2. The standard InChI is InChI=1S/C28H32F3N3O5S/c1-4-5-6-8-25(35)32-15-7-16-34-23(19-9-11-20(12-10-19)39-28(29,30)31)18-40-27(34)33-26(36)22-14-13-21(37-2)17-24(22)38-3/h9-14,17-18H,4-8,15-16H2,1-3H3,(H,32,35)/b33-27-. The van der Waals surface area contributed by atoms with Crippen LogP contribution in [0.25, 0.3) is 11.3 Å². The van der Waals surface area contributed by atoms with Gasteiger partial charge in [-0.3, -0.25) is 9.59 Å². The van der Waals surface area contributed by atoms with Crippen LogP contribution in [0.3, 0.4) is 0 Å². The zero-order chi connectivity index (χ0) is 29.1. The largest absolute Gasteiger partial charge is 0.573 e. The number of unbranched alkanes of at least 4 members (excludes halogenated alkanes) is 2. The average molecular weight is 580 g/mol. The first-order chi connectivity index (χ1) is 19.1. The van der Waals surface area contributed by atoms with Crippen molar-refractivity contribution in [2.45, 2.75) is 51.9 Å². The summed E-state index contributed by atoms with van der Waals surface area (Å²) in [7, 11) is 2.95. The first-order valence-electron chi connectivity index (χ1n) is 12.8. The minimum Gasteiger partial charge on any atom is -0.497 e. The maximum Gasteiger partial charge on any atom is 0.573 e. The Balaban J connectivity index is 1.88. The molecule has 40 heavy (non-hydrogen) atoms. The van der Waals surface area contributed by atoms with Gasteiger partial charge in [-0.2, -0.15) is 4.99 Å². The Morgan fingerprint density at radius 2 is 1.73 bits per heavy atom. The van der Waals surface area contributed by atoms with Crippen LogP contribution in [-0.4, -0.2) is 43.5 Å². The SMILES string of the molecule is CCCCCC(=O)NCCCn1c(-c2ccc(OC(F)(F)F)cc2)cs/c1=N\C(=O)c1ccc(OC)cc1OC. The number of carbonyl (C=O) groups excluding carboxylic acids is 2. The summed E-state index contributed by atoms with van der Waals surface area (Å²) in [6.07, 6.45) is -0.922. The minimum atomic E-state index is -4.79. The summed E-state index contributed by atoms with van der Waals surface area (Å²) in [5.41, 5.74) is 1.52. The molecular weight excluding hydrogens is 547 g/mol. The summed E-state index contributed by atoms with van der Waals surface area (Å²) >= 11 is 1.22. The first-order valence-corrected chi connectivity index (χ1v) is 13.7. The van der Waals surface area contributed by atoms with Gasteiger partial charge >= 0.3 is 6.36 Å². The van der Waals surface area contributed by atoms with Crippen molar-refractivity contribution in [3.8, 4) is 28.5 Å². The molecule has 1 heterocycles. The van der Waals surface area contributed by atoms with Crippen LogP contribution in [0.2, 0.25) is 0 Å². The molecule has 0 saturated heterocycles. The molecule has 1 aromatic heterocycles. The number of thiazole rings is 1. The molecule has 2 aromatic carbocycles. The summed E-state index contributed by atoms with van der Waals surface area (Å²) in [5.74, 6) is -0.0507. The van der Waals surface area contributed by atoms with E-state index in [2.05, 4.69) is 22.0 Å². The molecular formula is C28H32F3N3O5S. The van der Waals surface area contributed by atoms with E-state index in [0.717, 1.165) is 19.3 Å². The lowest BCUT2D eigenvalue weighted by Gasteiger charge is -2.12. The van der Waals surface area contributed by atoms with Gasteiger partial charge in [0.1, 0.15) is 17.2 Å². The molecule has 12 heteroatoms. The predicted octanol–water partition coefficient (Wildman–Crippen LogP) is 5.96. The number of hydrogen-bond acceptors (Lipinski definition) is 6. The van der Waals surface area contributed by atoms with Crippen LogP contribution in [0.15, 0.2) is 52.8 Å². The lowest BCUT2D eigenvalue weighted by atomic mass is 10.1. The van der Waals surface area contributed by atoms with Gasteiger partial charge in [0, 0.05) is 31.0 Å². The van der Waals surface area contributed by atoms with Gasteiger partial charge in [0.15, 0.2) is 4.80 Å². The Labute approximate surface area is 234 Å². The lowest BCUT2D eigenvalue weighted by molar-refractivity contribution is -0.274.